The van der Waals surface area contributed by atoms with E-state index in [-0.39, 0.29) is 0 Å². The zero-order valence-corrected chi connectivity index (χ0v) is 26.3. The van der Waals surface area contributed by atoms with Crippen molar-refractivity contribution in [3.8, 4) is 33.4 Å². The largest absolute Gasteiger partial charge is 0.0616 e. The second-order valence-electron chi connectivity index (χ2n) is 12.9. The molecule has 10 aromatic carbocycles. The van der Waals surface area contributed by atoms with Crippen molar-refractivity contribution in [2.24, 2.45) is 0 Å². The van der Waals surface area contributed by atoms with E-state index in [2.05, 4.69) is 182 Å². The minimum absolute atomic E-state index is 1.22. The third-order valence-electron chi connectivity index (χ3n) is 10.2. The molecule has 0 unspecified atom stereocenters. The third-order valence-corrected chi connectivity index (χ3v) is 10.2. The fraction of sp³-hybridized carbons (Fsp3) is 0. The molecule has 0 fully saturated rings. The fourth-order valence-electron chi connectivity index (χ4n) is 7.95. The molecule has 0 heterocycles. The molecule has 0 bridgehead atoms. The smallest absolute Gasteiger partial charge is 0.00261 e. The summed E-state index contributed by atoms with van der Waals surface area (Å²) in [6.07, 6.45) is 0. The van der Waals surface area contributed by atoms with E-state index in [1.165, 1.54) is 98.0 Å². The Morgan fingerprint density at radius 1 is 0.188 bits per heavy atom. The molecule has 0 atom stereocenters. The van der Waals surface area contributed by atoms with Gasteiger partial charge in [0, 0.05) is 0 Å². The summed E-state index contributed by atoms with van der Waals surface area (Å²) >= 11 is 0. The second kappa shape index (κ2) is 10.7. The average Bonchev–Trinajstić information content (AvgIpc) is 3.16. The summed E-state index contributed by atoms with van der Waals surface area (Å²) in [5, 5.41) is 15.3. The Morgan fingerprint density at radius 3 is 1.21 bits per heavy atom. The van der Waals surface area contributed by atoms with Gasteiger partial charge >= 0.3 is 0 Å². The number of rotatable bonds is 3. The van der Waals surface area contributed by atoms with Crippen LogP contribution in [0.15, 0.2) is 182 Å². The van der Waals surface area contributed by atoms with E-state index in [0.717, 1.165) is 0 Å². The van der Waals surface area contributed by atoms with Crippen molar-refractivity contribution in [2.75, 3.05) is 0 Å². The van der Waals surface area contributed by atoms with Crippen LogP contribution in [0.4, 0.5) is 0 Å². The van der Waals surface area contributed by atoms with Gasteiger partial charge in [0.2, 0.25) is 0 Å². The molecule has 48 heavy (non-hydrogen) atoms. The lowest BCUT2D eigenvalue weighted by Crippen LogP contribution is -1.91. The van der Waals surface area contributed by atoms with Crippen molar-refractivity contribution in [2.45, 2.75) is 0 Å². The molecule has 0 aliphatic heterocycles. The fourth-order valence-corrected chi connectivity index (χ4v) is 7.95. The molecule has 0 amide bonds. The zero-order valence-electron chi connectivity index (χ0n) is 26.3. The molecule has 0 heteroatoms. The summed E-state index contributed by atoms with van der Waals surface area (Å²) in [4.78, 5) is 0. The van der Waals surface area contributed by atoms with Crippen molar-refractivity contribution in [1.29, 1.82) is 0 Å². The van der Waals surface area contributed by atoms with Gasteiger partial charge in [-0.2, -0.15) is 0 Å². The molecule has 222 valence electrons. The van der Waals surface area contributed by atoms with Crippen LogP contribution in [0.1, 0.15) is 0 Å². The molecule has 0 aliphatic rings. The maximum absolute atomic E-state index is 2.40. The first-order chi connectivity index (χ1) is 23.8. The highest BCUT2D eigenvalue weighted by Gasteiger charge is 2.17. The number of hydrogen-bond donors (Lipinski definition) is 0. The van der Waals surface area contributed by atoms with Crippen LogP contribution in [0, 0.1) is 0 Å². The predicted molar refractivity (Wildman–Crippen MR) is 208 cm³/mol. The second-order valence-corrected chi connectivity index (χ2v) is 12.9. The van der Waals surface area contributed by atoms with Crippen molar-refractivity contribution < 1.29 is 0 Å². The number of benzene rings is 10. The van der Waals surface area contributed by atoms with Gasteiger partial charge in [-0.3, -0.25) is 0 Å². The predicted octanol–water partition coefficient (Wildman–Crippen LogP) is 13.6. The first kappa shape index (κ1) is 26.9. The highest BCUT2D eigenvalue weighted by Crippen LogP contribution is 2.45. The van der Waals surface area contributed by atoms with Crippen molar-refractivity contribution >= 4 is 64.6 Å². The van der Waals surface area contributed by atoms with E-state index in [9.17, 15) is 0 Å². The van der Waals surface area contributed by atoms with Crippen LogP contribution in [-0.4, -0.2) is 0 Å². The van der Waals surface area contributed by atoms with Gasteiger partial charge in [-0.25, -0.2) is 0 Å². The van der Waals surface area contributed by atoms with E-state index >= 15 is 0 Å². The van der Waals surface area contributed by atoms with Crippen molar-refractivity contribution in [3.05, 3.63) is 182 Å². The van der Waals surface area contributed by atoms with Gasteiger partial charge in [0.05, 0.1) is 0 Å². The summed E-state index contributed by atoms with van der Waals surface area (Å²) in [7, 11) is 0. The van der Waals surface area contributed by atoms with Gasteiger partial charge in [0.25, 0.3) is 0 Å². The maximum Gasteiger partial charge on any atom is -0.00261 e. The van der Waals surface area contributed by atoms with Gasteiger partial charge in [-0.1, -0.05) is 164 Å². The van der Waals surface area contributed by atoms with E-state index in [1.54, 1.807) is 0 Å². The molecule has 0 saturated carbocycles. The van der Waals surface area contributed by atoms with Crippen LogP contribution in [0.3, 0.4) is 0 Å². The van der Waals surface area contributed by atoms with Crippen LogP contribution in [-0.2, 0) is 0 Å². The Morgan fingerprint density at radius 2 is 0.583 bits per heavy atom. The Hall–Kier alpha value is -6.24. The average molecular weight is 607 g/mol. The summed E-state index contributed by atoms with van der Waals surface area (Å²) in [5.41, 5.74) is 7.50. The van der Waals surface area contributed by atoms with Crippen LogP contribution < -0.4 is 0 Å². The monoisotopic (exact) mass is 606 g/mol. The Kier molecular flexibility index (Phi) is 5.98. The molecule has 10 rings (SSSR count). The summed E-state index contributed by atoms with van der Waals surface area (Å²) in [5.74, 6) is 0. The molecule has 0 aliphatic carbocycles. The van der Waals surface area contributed by atoms with Crippen molar-refractivity contribution in [1.82, 2.24) is 0 Å². The Balaban J connectivity index is 1.19. The minimum Gasteiger partial charge on any atom is -0.0616 e. The van der Waals surface area contributed by atoms with Crippen LogP contribution >= 0.6 is 0 Å². The summed E-state index contributed by atoms with van der Waals surface area (Å²) < 4.78 is 0. The van der Waals surface area contributed by atoms with Gasteiger partial charge in [-0.05, 0) is 116 Å². The number of hydrogen-bond acceptors (Lipinski definition) is 0. The van der Waals surface area contributed by atoms with E-state index in [0.29, 0.717) is 0 Å². The first-order valence-corrected chi connectivity index (χ1v) is 16.7. The molecule has 0 spiro atoms. The Bertz CT molecular complexity index is 2830. The van der Waals surface area contributed by atoms with Gasteiger partial charge in [0.1, 0.15) is 0 Å². The number of fused-ring (bicyclic) bond motifs is 8. The molecule has 0 saturated heterocycles. The summed E-state index contributed by atoms with van der Waals surface area (Å²) in [6, 6.07) is 67.2. The molecular formula is C48H30. The highest BCUT2D eigenvalue weighted by atomic mass is 14.2. The van der Waals surface area contributed by atoms with Crippen LogP contribution in [0.25, 0.3) is 98.0 Å². The highest BCUT2D eigenvalue weighted by molar-refractivity contribution is 6.22. The summed E-state index contributed by atoms with van der Waals surface area (Å²) in [6.45, 7) is 0. The van der Waals surface area contributed by atoms with Gasteiger partial charge in [0.15, 0.2) is 0 Å². The molecular weight excluding hydrogens is 577 g/mol. The minimum atomic E-state index is 1.22. The lowest BCUT2D eigenvalue weighted by atomic mass is 9.85. The van der Waals surface area contributed by atoms with E-state index in [4.69, 9.17) is 0 Å². The van der Waals surface area contributed by atoms with Gasteiger partial charge in [-0.15, -0.1) is 0 Å². The maximum atomic E-state index is 2.40. The molecule has 0 radical (unpaired) electrons. The van der Waals surface area contributed by atoms with Gasteiger partial charge < -0.3 is 0 Å². The Labute approximate surface area is 279 Å². The lowest BCUT2D eigenvalue weighted by molar-refractivity contribution is 1.63. The van der Waals surface area contributed by atoms with Crippen molar-refractivity contribution in [3.63, 3.8) is 0 Å². The molecule has 0 nitrogen and oxygen atoms in total. The van der Waals surface area contributed by atoms with E-state index in [1.807, 2.05) is 0 Å². The standard InChI is InChI=1S/C48H30/c1-3-14-39-31(10-1)22-24-36-28-35(26-27-41(36)39)34-12-9-13-37(29-34)47-42-16-5-7-18-44(42)48(45-19-8-6-17-43(45)47)38-25-23-33-21-20-32-11-2-4-15-40(32)46(33)30-38/h1-30H. The topological polar surface area (TPSA) is 0 Å². The van der Waals surface area contributed by atoms with E-state index < -0.39 is 0 Å². The molecule has 10 aromatic rings. The normalized spacial score (nSPS) is 11.8. The zero-order chi connectivity index (χ0) is 31.6. The first-order valence-electron chi connectivity index (χ1n) is 16.7. The quantitative estimate of drug-likeness (QED) is 0.139. The third kappa shape index (κ3) is 4.16. The molecule has 0 N–H and O–H groups in total. The SMILES string of the molecule is c1cc(-c2ccc3c(ccc4ccccc43)c2)cc(-c2c3ccccc3c(-c3ccc4ccc5ccccc5c4c3)c3ccccc23)c1. The lowest BCUT2D eigenvalue weighted by Gasteiger charge is -2.18. The van der Waals surface area contributed by atoms with Crippen LogP contribution in [0.2, 0.25) is 0 Å². The van der Waals surface area contributed by atoms with Crippen LogP contribution in [0.5, 0.6) is 0 Å². The molecule has 0 aromatic heterocycles.